The van der Waals surface area contributed by atoms with Crippen molar-refractivity contribution in [1.82, 2.24) is 4.90 Å². The summed E-state index contributed by atoms with van der Waals surface area (Å²) in [5.74, 6) is 0.804. The van der Waals surface area contributed by atoms with E-state index in [-0.39, 0.29) is 11.7 Å². The highest BCUT2D eigenvalue weighted by molar-refractivity contribution is 6.01. The van der Waals surface area contributed by atoms with Crippen LogP contribution in [0.2, 0.25) is 0 Å². The lowest BCUT2D eigenvalue weighted by atomic mass is 9.77. The smallest absolute Gasteiger partial charge is 0.233 e. The summed E-state index contributed by atoms with van der Waals surface area (Å²) in [5.41, 5.74) is 5.49. The molecule has 3 atom stereocenters. The molecule has 2 fully saturated rings. The highest BCUT2D eigenvalue weighted by Crippen LogP contribution is 2.34. The van der Waals surface area contributed by atoms with Crippen molar-refractivity contribution in [2.75, 3.05) is 13.1 Å². The largest absolute Gasteiger partial charge is 0.409 e. The van der Waals surface area contributed by atoms with Crippen LogP contribution in [0, 0.1) is 17.8 Å². The highest BCUT2D eigenvalue weighted by Gasteiger charge is 2.34. The van der Waals surface area contributed by atoms with Crippen molar-refractivity contribution in [3.63, 3.8) is 0 Å². The van der Waals surface area contributed by atoms with Crippen molar-refractivity contribution in [2.24, 2.45) is 28.6 Å². The molecule has 1 heterocycles. The second-order valence-corrected chi connectivity index (χ2v) is 5.39. The third-order valence-corrected chi connectivity index (χ3v) is 4.09. The van der Waals surface area contributed by atoms with Gasteiger partial charge in [0.1, 0.15) is 0 Å². The number of carbonyl (C=O) groups is 1. The molecule has 0 aromatic heterocycles. The van der Waals surface area contributed by atoms with Crippen LogP contribution in [0.3, 0.4) is 0 Å². The number of hydrogen-bond acceptors (Lipinski definition) is 3. The Kier molecular flexibility index (Phi) is 3.54. The van der Waals surface area contributed by atoms with Crippen LogP contribution >= 0.6 is 0 Å². The summed E-state index contributed by atoms with van der Waals surface area (Å²) in [6, 6.07) is 0. The lowest BCUT2D eigenvalue weighted by Gasteiger charge is -2.42. The predicted molar refractivity (Wildman–Crippen MR) is 64.6 cm³/mol. The molecule has 17 heavy (non-hydrogen) atoms. The van der Waals surface area contributed by atoms with Gasteiger partial charge >= 0.3 is 0 Å². The van der Waals surface area contributed by atoms with E-state index in [4.69, 9.17) is 10.9 Å². The third kappa shape index (κ3) is 2.53. The van der Waals surface area contributed by atoms with Crippen LogP contribution in [-0.2, 0) is 4.79 Å². The fourth-order valence-corrected chi connectivity index (χ4v) is 3.10. The number of carbonyl (C=O) groups excluding carboxylic acids is 1. The number of amidine groups is 1. The Morgan fingerprint density at radius 3 is 2.53 bits per heavy atom. The number of likely N-dealkylation sites (tertiary alicyclic amines) is 1. The lowest BCUT2D eigenvalue weighted by Crippen LogP contribution is -2.49. The molecular formula is C12H21N3O2. The van der Waals surface area contributed by atoms with E-state index in [0.29, 0.717) is 11.8 Å². The van der Waals surface area contributed by atoms with Crippen molar-refractivity contribution in [1.29, 1.82) is 0 Å². The highest BCUT2D eigenvalue weighted by atomic mass is 16.4. The fourth-order valence-electron chi connectivity index (χ4n) is 3.10. The molecule has 1 amide bonds. The topological polar surface area (TPSA) is 78.9 Å². The van der Waals surface area contributed by atoms with Crippen molar-refractivity contribution in [3.05, 3.63) is 0 Å². The van der Waals surface area contributed by atoms with Gasteiger partial charge in [0, 0.05) is 13.1 Å². The molecule has 2 rings (SSSR count). The Labute approximate surface area is 102 Å². The van der Waals surface area contributed by atoms with Gasteiger partial charge in [-0.3, -0.25) is 4.79 Å². The fraction of sp³-hybridized carbons (Fsp3) is 0.833. The van der Waals surface area contributed by atoms with Gasteiger partial charge in [-0.15, -0.1) is 0 Å². The van der Waals surface area contributed by atoms with Gasteiger partial charge in [-0.25, -0.2) is 0 Å². The molecule has 2 aliphatic rings. The van der Waals surface area contributed by atoms with Gasteiger partial charge in [-0.1, -0.05) is 11.6 Å². The number of hydrogen-bond donors (Lipinski definition) is 2. The van der Waals surface area contributed by atoms with Crippen LogP contribution in [0.5, 0.6) is 0 Å². The van der Waals surface area contributed by atoms with E-state index in [0.717, 1.165) is 13.1 Å². The maximum atomic E-state index is 12.2. The van der Waals surface area contributed by atoms with E-state index >= 15 is 0 Å². The molecule has 0 spiro atoms. The van der Waals surface area contributed by atoms with Gasteiger partial charge in [-0.05, 0) is 38.0 Å². The molecular weight excluding hydrogens is 218 g/mol. The molecule has 1 aliphatic heterocycles. The molecule has 5 nitrogen and oxygen atoms in total. The Hall–Kier alpha value is -1.26. The van der Waals surface area contributed by atoms with E-state index in [2.05, 4.69) is 5.16 Å². The van der Waals surface area contributed by atoms with Gasteiger partial charge in [0.2, 0.25) is 5.91 Å². The minimum Gasteiger partial charge on any atom is -0.409 e. The summed E-state index contributed by atoms with van der Waals surface area (Å²) in [4.78, 5) is 14.1. The number of oxime groups is 1. The summed E-state index contributed by atoms with van der Waals surface area (Å²) < 4.78 is 0. The Morgan fingerprint density at radius 1 is 1.41 bits per heavy atom. The normalized spacial score (nSPS) is 31.1. The number of piperidine rings is 1. The molecule has 3 unspecified atom stereocenters. The van der Waals surface area contributed by atoms with Crippen molar-refractivity contribution in [3.8, 4) is 0 Å². The van der Waals surface area contributed by atoms with E-state index in [1.165, 1.54) is 25.7 Å². The summed E-state index contributed by atoms with van der Waals surface area (Å²) in [6.45, 7) is 3.39. The molecule has 1 saturated heterocycles. The Balaban J connectivity index is 2.00. The minimum atomic E-state index is -0.515. The number of amides is 1. The van der Waals surface area contributed by atoms with Crippen LogP contribution < -0.4 is 5.73 Å². The summed E-state index contributed by atoms with van der Waals surface area (Å²) >= 11 is 0. The summed E-state index contributed by atoms with van der Waals surface area (Å²) in [6.07, 6.45) is 5.03. The van der Waals surface area contributed by atoms with E-state index in [1.54, 1.807) is 6.92 Å². The minimum absolute atomic E-state index is 0.00287. The SMILES string of the molecule is CC(C(=O)N1CC2CCCC(C2)C1)C(N)=NO. The van der Waals surface area contributed by atoms with Gasteiger partial charge in [0.15, 0.2) is 5.84 Å². The van der Waals surface area contributed by atoms with Crippen LogP contribution in [0.15, 0.2) is 5.16 Å². The molecule has 0 aromatic rings. The first-order valence-corrected chi connectivity index (χ1v) is 6.38. The average Bonchev–Trinajstić information content (AvgIpc) is 2.35. The maximum absolute atomic E-state index is 12.2. The third-order valence-electron chi connectivity index (χ3n) is 4.09. The quantitative estimate of drug-likeness (QED) is 0.327. The van der Waals surface area contributed by atoms with Gasteiger partial charge in [0.25, 0.3) is 0 Å². The summed E-state index contributed by atoms with van der Waals surface area (Å²) in [5, 5.41) is 11.5. The standard InChI is InChI=1S/C12H21N3O2/c1-8(11(13)14-17)12(16)15-6-9-3-2-4-10(5-9)7-15/h8-10,17H,2-7H2,1H3,(H2,13,14). The molecule has 2 bridgehead atoms. The van der Waals surface area contributed by atoms with Gasteiger partial charge in [-0.2, -0.15) is 0 Å². The van der Waals surface area contributed by atoms with Crippen LogP contribution in [0.25, 0.3) is 0 Å². The lowest BCUT2D eigenvalue weighted by molar-refractivity contribution is -0.136. The zero-order chi connectivity index (χ0) is 12.4. The average molecular weight is 239 g/mol. The number of rotatable bonds is 2. The van der Waals surface area contributed by atoms with Gasteiger partial charge in [0.05, 0.1) is 5.92 Å². The Morgan fingerprint density at radius 2 is 2.00 bits per heavy atom. The van der Waals surface area contributed by atoms with Crippen molar-refractivity contribution < 1.29 is 10.0 Å². The first kappa shape index (κ1) is 12.2. The van der Waals surface area contributed by atoms with E-state index in [1.807, 2.05) is 4.90 Å². The van der Waals surface area contributed by atoms with Crippen LogP contribution in [-0.4, -0.2) is 34.9 Å². The Bertz CT molecular complexity index is 318. The first-order valence-electron chi connectivity index (χ1n) is 6.38. The number of nitrogens with two attached hydrogens (primary N) is 1. The molecule has 5 heteroatoms. The number of nitrogens with zero attached hydrogens (tertiary/aromatic N) is 2. The molecule has 1 aliphatic carbocycles. The zero-order valence-corrected chi connectivity index (χ0v) is 10.3. The molecule has 1 saturated carbocycles. The second-order valence-electron chi connectivity index (χ2n) is 5.39. The summed E-state index contributed by atoms with van der Waals surface area (Å²) in [7, 11) is 0. The molecule has 96 valence electrons. The van der Waals surface area contributed by atoms with Crippen LogP contribution in [0.1, 0.15) is 32.6 Å². The predicted octanol–water partition coefficient (Wildman–Crippen LogP) is 1.02. The maximum Gasteiger partial charge on any atom is 0.233 e. The zero-order valence-electron chi connectivity index (χ0n) is 10.3. The first-order chi connectivity index (χ1) is 8.11. The second kappa shape index (κ2) is 4.94. The van der Waals surface area contributed by atoms with Crippen molar-refractivity contribution >= 4 is 11.7 Å². The van der Waals surface area contributed by atoms with Crippen LogP contribution in [0.4, 0.5) is 0 Å². The molecule has 0 radical (unpaired) electrons. The molecule has 3 N–H and O–H groups in total. The van der Waals surface area contributed by atoms with Crippen molar-refractivity contribution in [2.45, 2.75) is 32.6 Å². The van der Waals surface area contributed by atoms with E-state index in [9.17, 15) is 4.79 Å². The van der Waals surface area contributed by atoms with Gasteiger partial charge < -0.3 is 15.8 Å². The molecule has 0 aromatic carbocycles. The number of fused-ring (bicyclic) bond motifs is 2. The van der Waals surface area contributed by atoms with E-state index < -0.39 is 5.92 Å². The monoisotopic (exact) mass is 239 g/mol.